The van der Waals surface area contributed by atoms with E-state index in [0.717, 1.165) is 48.9 Å². The minimum Gasteiger partial charge on any atom is -0.393 e. The van der Waals surface area contributed by atoms with Gasteiger partial charge in [-0.1, -0.05) is 6.92 Å². The Balaban J connectivity index is 1.55. The molecule has 0 bridgehead atoms. The van der Waals surface area contributed by atoms with Crippen molar-refractivity contribution in [1.29, 1.82) is 5.26 Å². The molecule has 0 unspecified atom stereocenters. The van der Waals surface area contributed by atoms with Crippen LogP contribution in [0.3, 0.4) is 0 Å². The highest BCUT2D eigenvalue weighted by Gasteiger charge is 2.55. The molecule has 0 aromatic carbocycles. The van der Waals surface area contributed by atoms with Crippen LogP contribution in [-0.4, -0.2) is 11.2 Å². The number of hydrogen-bond donors (Lipinski definition) is 1. The standard InChI is InChI=1S/C19H29NO/c1-19-10-13-3-2-12-8-16(21)6-7-17(12)18(13)9-14(19)4-5-15(19)11-20/h12-18,21H,2-10H2,1H3/t12-,13-,14+,15-,16+,17-,18-,19+/m1/s1. The van der Waals surface area contributed by atoms with E-state index in [4.69, 9.17) is 0 Å². The van der Waals surface area contributed by atoms with Gasteiger partial charge in [-0.3, -0.25) is 0 Å². The molecule has 4 rings (SSSR count). The van der Waals surface area contributed by atoms with Crippen molar-refractivity contribution >= 4 is 0 Å². The topological polar surface area (TPSA) is 44.0 Å². The van der Waals surface area contributed by atoms with E-state index in [0.29, 0.717) is 11.3 Å². The average molecular weight is 287 g/mol. The van der Waals surface area contributed by atoms with E-state index < -0.39 is 0 Å². The van der Waals surface area contributed by atoms with Crippen LogP contribution in [-0.2, 0) is 0 Å². The normalized spacial score (nSPS) is 56.0. The van der Waals surface area contributed by atoms with E-state index in [9.17, 15) is 10.4 Å². The van der Waals surface area contributed by atoms with Crippen LogP contribution < -0.4 is 0 Å². The zero-order valence-electron chi connectivity index (χ0n) is 13.3. The summed E-state index contributed by atoms with van der Waals surface area (Å²) in [6.45, 7) is 2.42. The lowest BCUT2D eigenvalue weighted by molar-refractivity contribution is -0.0630. The first-order chi connectivity index (χ1) is 10.1. The van der Waals surface area contributed by atoms with Crippen molar-refractivity contribution in [3.05, 3.63) is 0 Å². The van der Waals surface area contributed by atoms with Gasteiger partial charge in [0.2, 0.25) is 0 Å². The van der Waals surface area contributed by atoms with Crippen LogP contribution in [0.5, 0.6) is 0 Å². The number of rotatable bonds is 0. The molecule has 0 amide bonds. The summed E-state index contributed by atoms with van der Waals surface area (Å²) in [6, 6.07) is 2.63. The van der Waals surface area contributed by atoms with E-state index >= 15 is 0 Å². The summed E-state index contributed by atoms with van der Waals surface area (Å²) in [6.07, 6.45) is 11.2. The van der Waals surface area contributed by atoms with Crippen molar-refractivity contribution in [3.8, 4) is 6.07 Å². The predicted molar refractivity (Wildman–Crippen MR) is 82.2 cm³/mol. The number of aliphatic hydroxyl groups is 1. The molecule has 0 saturated heterocycles. The van der Waals surface area contributed by atoms with Gasteiger partial charge < -0.3 is 5.11 Å². The first-order valence-electron chi connectivity index (χ1n) is 9.19. The summed E-state index contributed by atoms with van der Waals surface area (Å²) in [5.41, 5.74) is 0.316. The molecule has 0 spiro atoms. The molecule has 8 atom stereocenters. The molecule has 2 nitrogen and oxygen atoms in total. The summed E-state index contributed by atoms with van der Waals surface area (Å²) in [5.74, 6) is 4.58. The molecule has 4 aliphatic rings. The molecule has 0 aliphatic heterocycles. The molecule has 116 valence electrons. The van der Waals surface area contributed by atoms with Crippen LogP contribution >= 0.6 is 0 Å². The molecule has 4 fully saturated rings. The molecule has 0 heterocycles. The molecule has 21 heavy (non-hydrogen) atoms. The SMILES string of the molecule is C[C@]12C[C@H]3CC[C@@H]4C[C@@H](O)CC[C@H]4[C@@H]3C[C@@H]1CC[C@@H]2C#N. The van der Waals surface area contributed by atoms with Gasteiger partial charge in [0.25, 0.3) is 0 Å². The van der Waals surface area contributed by atoms with Gasteiger partial charge in [-0.2, -0.15) is 5.26 Å². The van der Waals surface area contributed by atoms with Gasteiger partial charge in [0.05, 0.1) is 18.1 Å². The van der Waals surface area contributed by atoms with Gasteiger partial charge in [-0.05, 0) is 92.8 Å². The fraction of sp³-hybridized carbons (Fsp3) is 0.947. The van der Waals surface area contributed by atoms with Crippen LogP contribution in [0.1, 0.15) is 64.7 Å². The van der Waals surface area contributed by atoms with Crippen LogP contribution in [0.15, 0.2) is 0 Å². The van der Waals surface area contributed by atoms with Crippen molar-refractivity contribution in [3.63, 3.8) is 0 Å². The van der Waals surface area contributed by atoms with E-state index in [1.165, 1.54) is 38.5 Å². The van der Waals surface area contributed by atoms with Gasteiger partial charge in [0.1, 0.15) is 0 Å². The lowest BCUT2D eigenvalue weighted by Gasteiger charge is -2.54. The Morgan fingerprint density at radius 2 is 1.76 bits per heavy atom. The van der Waals surface area contributed by atoms with Crippen LogP contribution in [0.4, 0.5) is 0 Å². The molecule has 0 aromatic heterocycles. The zero-order valence-corrected chi connectivity index (χ0v) is 13.3. The Labute approximate surface area is 128 Å². The highest BCUT2D eigenvalue weighted by molar-refractivity contribution is 5.09. The third-order valence-corrected chi connectivity index (χ3v) is 8.02. The quantitative estimate of drug-likeness (QED) is 0.727. The lowest BCUT2D eigenvalue weighted by Crippen LogP contribution is -2.47. The predicted octanol–water partition coefficient (Wildman–Crippen LogP) is 4.14. The molecule has 4 aliphatic carbocycles. The summed E-state index contributed by atoms with van der Waals surface area (Å²) >= 11 is 0. The number of fused-ring (bicyclic) bond motifs is 4. The van der Waals surface area contributed by atoms with Gasteiger partial charge in [-0.25, -0.2) is 0 Å². The highest BCUT2D eigenvalue weighted by atomic mass is 16.3. The average Bonchev–Trinajstić information content (AvgIpc) is 2.80. The Bertz CT molecular complexity index is 455. The molecule has 0 aromatic rings. The van der Waals surface area contributed by atoms with E-state index in [2.05, 4.69) is 13.0 Å². The molecule has 1 N–H and O–H groups in total. The number of hydrogen-bond acceptors (Lipinski definition) is 2. The summed E-state index contributed by atoms with van der Waals surface area (Å²) in [4.78, 5) is 0. The van der Waals surface area contributed by atoms with Crippen molar-refractivity contribution in [2.45, 2.75) is 70.8 Å². The summed E-state index contributed by atoms with van der Waals surface area (Å²) < 4.78 is 0. The minimum absolute atomic E-state index is 0.0221. The third-order valence-electron chi connectivity index (χ3n) is 8.02. The Hall–Kier alpha value is -0.550. The van der Waals surface area contributed by atoms with Crippen LogP contribution in [0, 0.1) is 52.3 Å². The van der Waals surface area contributed by atoms with Crippen molar-refractivity contribution in [2.75, 3.05) is 0 Å². The maximum Gasteiger partial charge on any atom is 0.0661 e. The van der Waals surface area contributed by atoms with Crippen molar-refractivity contribution in [1.82, 2.24) is 0 Å². The number of nitriles is 1. The zero-order chi connectivity index (χ0) is 14.6. The maximum absolute atomic E-state index is 9.97. The lowest BCUT2D eigenvalue weighted by atomic mass is 9.50. The fourth-order valence-electron chi connectivity index (χ4n) is 6.88. The molecular formula is C19H29NO. The van der Waals surface area contributed by atoms with E-state index in [1.54, 1.807) is 0 Å². The Kier molecular flexibility index (Phi) is 3.34. The summed E-state index contributed by atoms with van der Waals surface area (Å²) in [7, 11) is 0. The molecule has 4 saturated carbocycles. The largest absolute Gasteiger partial charge is 0.393 e. The van der Waals surface area contributed by atoms with E-state index in [-0.39, 0.29) is 6.10 Å². The van der Waals surface area contributed by atoms with Gasteiger partial charge in [0.15, 0.2) is 0 Å². The molecule has 2 heteroatoms. The first-order valence-corrected chi connectivity index (χ1v) is 9.19. The molecule has 0 radical (unpaired) electrons. The van der Waals surface area contributed by atoms with E-state index in [1.807, 2.05) is 0 Å². The number of nitrogens with zero attached hydrogens (tertiary/aromatic N) is 1. The van der Waals surface area contributed by atoms with Gasteiger partial charge in [0, 0.05) is 0 Å². The smallest absolute Gasteiger partial charge is 0.0661 e. The van der Waals surface area contributed by atoms with Crippen LogP contribution in [0.2, 0.25) is 0 Å². The Morgan fingerprint density at radius 3 is 2.57 bits per heavy atom. The fourth-order valence-corrected chi connectivity index (χ4v) is 6.88. The summed E-state index contributed by atoms with van der Waals surface area (Å²) in [5, 5.41) is 19.5. The van der Waals surface area contributed by atoms with Gasteiger partial charge >= 0.3 is 0 Å². The molecular weight excluding hydrogens is 258 g/mol. The second-order valence-electron chi connectivity index (χ2n) is 8.79. The maximum atomic E-state index is 9.97. The second-order valence-corrected chi connectivity index (χ2v) is 8.79. The van der Waals surface area contributed by atoms with Crippen LogP contribution in [0.25, 0.3) is 0 Å². The first kappa shape index (κ1) is 14.1. The number of aliphatic hydroxyl groups excluding tert-OH is 1. The third kappa shape index (κ3) is 2.07. The highest BCUT2D eigenvalue weighted by Crippen LogP contribution is 2.63. The Morgan fingerprint density at radius 1 is 0.952 bits per heavy atom. The van der Waals surface area contributed by atoms with Gasteiger partial charge in [-0.15, -0.1) is 0 Å². The second kappa shape index (κ2) is 4.98. The van der Waals surface area contributed by atoms with Crippen molar-refractivity contribution in [2.24, 2.45) is 40.9 Å². The monoisotopic (exact) mass is 287 g/mol. The van der Waals surface area contributed by atoms with Crippen molar-refractivity contribution < 1.29 is 5.11 Å². The minimum atomic E-state index is -0.0221.